The van der Waals surface area contributed by atoms with Gasteiger partial charge >= 0.3 is 35.8 Å². The lowest BCUT2D eigenvalue weighted by Crippen LogP contribution is -2.70. The molecular formula is C12H9F15O. The van der Waals surface area contributed by atoms with Gasteiger partial charge in [-0.2, -0.15) is 57.1 Å². The van der Waals surface area contributed by atoms with Crippen LogP contribution >= 0.6 is 0 Å². The van der Waals surface area contributed by atoms with Crippen LogP contribution in [0.4, 0.5) is 65.9 Å². The van der Waals surface area contributed by atoms with E-state index >= 15 is 0 Å². The lowest BCUT2D eigenvalue weighted by atomic mass is 9.92. The van der Waals surface area contributed by atoms with E-state index in [0.717, 1.165) is 13.8 Å². The number of halogens is 15. The van der Waals surface area contributed by atoms with Crippen molar-refractivity contribution in [1.29, 1.82) is 0 Å². The molecule has 0 bridgehead atoms. The second-order valence-electron chi connectivity index (χ2n) is 5.72. The molecule has 168 valence electrons. The van der Waals surface area contributed by atoms with Crippen LogP contribution in [-0.2, 0) is 0 Å². The Balaban J connectivity index is 6.60. The lowest BCUT2D eigenvalue weighted by Gasteiger charge is -2.39. The van der Waals surface area contributed by atoms with Gasteiger partial charge in [-0.25, -0.2) is 8.78 Å². The van der Waals surface area contributed by atoms with Crippen molar-refractivity contribution in [2.24, 2.45) is 5.92 Å². The molecule has 0 aromatic rings. The maximum atomic E-state index is 13.3. The molecule has 0 aliphatic rings. The van der Waals surface area contributed by atoms with Crippen LogP contribution in [0.5, 0.6) is 0 Å². The third kappa shape index (κ3) is 3.63. The quantitative estimate of drug-likeness (QED) is 0.476. The van der Waals surface area contributed by atoms with Crippen molar-refractivity contribution in [1.82, 2.24) is 0 Å². The van der Waals surface area contributed by atoms with E-state index in [9.17, 15) is 65.9 Å². The number of rotatable bonds is 7. The van der Waals surface area contributed by atoms with E-state index in [0.29, 0.717) is 0 Å². The molecule has 28 heavy (non-hydrogen) atoms. The summed E-state index contributed by atoms with van der Waals surface area (Å²) in [4.78, 5) is 0. The molecule has 1 atom stereocenters. The topological polar surface area (TPSA) is 20.2 Å². The fourth-order valence-corrected chi connectivity index (χ4v) is 1.48. The fourth-order valence-electron chi connectivity index (χ4n) is 1.48. The van der Waals surface area contributed by atoms with Gasteiger partial charge in [0.1, 0.15) is 6.10 Å². The molecule has 1 N–H and O–H groups in total. The van der Waals surface area contributed by atoms with Crippen LogP contribution in [-0.4, -0.2) is 47.0 Å². The molecule has 0 aromatic heterocycles. The molecule has 1 nitrogen and oxygen atoms in total. The van der Waals surface area contributed by atoms with Gasteiger partial charge in [-0.05, 0) is 5.92 Å². The van der Waals surface area contributed by atoms with Crippen molar-refractivity contribution >= 4 is 0 Å². The molecule has 0 radical (unpaired) electrons. The molecule has 0 rings (SSSR count). The van der Waals surface area contributed by atoms with Crippen molar-refractivity contribution in [3.05, 3.63) is 11.7 Å². The maximum Gasteiger partial charge on any atom is 0.460 e. The van der Waals surface area contributed by atoms with E-state index in [2.05, 4.69) is 0 Å². The number of hydrogen-bond acceptors (Lipinski definition) is 1. The zero-order chi connectivity index (χ0) is 23.3. The van der Waals surface area contributed by atoms with Gasteiger partial charge in [0, 0.05) is 0 Å². The van der Waals surface area contributed by atoms with E-state index in [-0.39, 0.29) is 0 Å². The van der Waals surface area contributed by atoms with Gasteiger partial charge in [-0.1, -0.05) is 13.8 Å². The normalized spacial score (nSPS) is 17.7. The Morgan fingerprint density at radius 1 is 0.607 bits per heavy atom. The first kappa shape index (κ1) is 26.6. The second-order valence-corrected chi connectivity index (χ2v) is 5.72. The Bertz CT molecular complexity index is 601. The van der Waals surface area contributed by atoms with E-state index < -0.39 is 59.5 Å². The lowest BCUT2D eigenvalue weighted by molar-refractivity contribution is -0.437. The predicted molar refractivity (Wildman–Crippen MR) is 60.9 cm³/mol. The van der Waals surface area contributed by atoms with E-state index in [4.69, 9.17) is 5.11 Å². The number of aliphatic hydroxyl groups is 1. The third-order valence-electron chi connectivity index (χ3n) is 3.31. The summed E-state index contributed by atoms with van der Waals surface area (Å²) >= 11 is 0. The molecule has 1 unspecified atom stereocenters. The number of alkyl halides is 13. The van der Waals surface area contributed by atoms with Crippen molar-refractivity contribution in [2.75, 3.05) is 0 Å². The second kappa shape index (κ2) is 7.16. The predicted octanol–water partition coefficient (Wildman–Crippen LogP) is 5.89. The summed E-state index contributed by atoms with van der Waals surface area (Å²) in [6.07, 6.45) is -10.6. The molecule has 16 heteroatoms. The minimum atomic E-state index is -8.25. The Morgan fingerprint density at radius 3 is 1.21 bits per heavy atom. The Hall–Kier alpha value is -1.35. The van der Waals surface area contributed by atoms with Gasteiger partial charge in [-0.3, -0.25) is 0 Å². The van der Waals surface area contributed by atoms with E-state index in [1.807, 2.05) is 0 Å². The highest BCUT2D eigenvalue weighted by atomic mass is 19.4. The molecular weight excluding hydrogens is 445 g/mol. The van der Waals surface area contributed by atoms with Gasteiger partial charge < -0.3 is 5.11 Å². The average Bonchev–Trinajstić information content (AvgIpc) is 2.50. The van der Waals surface area contributed by atoms with Crippen LogP contribution in [0.25, 0.3) is 0 Å². The maximum absolute atomic E-state index is 13.3. The highest BCUT2D eigenvalue weighted by Gasteiger charge is 2.91. The average molecular weight is 454 g/mol. The number of allylic oxidation sites excluding steroid dienone is 1. The summed E-state index contributed by atoms with van der Waals surface area (Å²) in [7, 11) is 0. The van der Waals surface area contributed by atoms with Crippen LogP contribution in [0.3, 0.4) is 0 Å². The van der Waals surface area contributed by atoms with Crippen molar-refractivity contribution < 1.29 is 71.0 Å². The molecule has 0 aromatic carbocycles. The smallest absolute Gasteiger partial charge is 0.386 e. The van der Waals surface area contributed by atoms with Crippen molar-refractivity contribution in [2.45, 2.75) is 55.7 Å². The highest BCUT2D eigenvalue weighted by Crippen LogP contribution is 2.61. The van der Waals surface area contributed by atoms with Crippen LogP contribution in [0, 0.1) is 5.92 Å². The van der Waals surface area contributed by atoms with E-state index in [1.165, 1.54) is 0 Å². The summed E-state index contributed by atoms with van der Waals surface area (Å²) in [5, 5.41) is 8.94. The molecule has 0 amide bonds. The van der Waals surface area contributed by atoms with Gasteiger partial charge in [0.2, 0.25) is 5.83 Å². The van der Waals surface area contributed by atoms with Crippen LogP contribution in [0.1, 0.15) is 13.8 Å². The summed E-state index contributed by atoms with van der Waals surface area (Å²) < 4.78 is 193. The van der Waals surface area contributed by atoms with Gasteiger partial charge in [-0.15, -0.1) is 0 Å². The van der Waals surface area contributed by atoms with Crippen LogP contribution < -0.4 is 0 Å². The Kier molecular flexibility index (Phi) is 6.82. The van der Waals surface area contributed by atoms with Crippen molar-refractivity contribution in [3.63, 3.8) is 0 Å². The summed E-state index contributed by atoms with van der Waals surface area (Å²) in [5.74, 6) is -48.9. The molecule has 0 fully saturated rings. The van der Waals surface area contributed by atoms with Gasteiger partial charge in [0.15, 0.2) is 5.83 Å². The van der Waals surface area contributed by atoms with Crippen LogP contribution in [0.2, 0.25) is 0 Å². The van der Waals surface area contributed by atoms with Crippen molar-refractivity contribution in [3.8, 4) is 0 Å². The number of aliphatic hydroxyl groups excluding tert-OH is 1. The zero-order valence-electron chi connectivity index (χ0n) is 13.3. The molecule has 0 spiro atoms. The number of hydrogen-bond donors (Lipinski definition) is 1. The summed E-state index contributed by atoms with van der Waals surface area (Å²) in [6.45, 7) is 1.53. The third-order valence-corrected chi connectivity index (χ3v) is 3.31. The van der Waals surface area contributed by atoms with Gasteiger partial charge in [0.25, 0.3) is 0 Å². The Labute approximate surface area is 145 Å². The SMILES string of the molecule is CC(C)C(O)/C(F)=C(\F)C(F)(F)C(F)(F)C(F)(F)C(F)(F)C(F)(F)C(F)(F)F. The minimum absolute atomic E-state index is 0.764. The first-order chi connectivity index (χ1) is 11.9. The monoisotopic (exact) mass is 454 g/mol. The molecule has 0 heterocycles. The molecule has 0 saturated carbocycles. The summed E-state index contributed by atoms with van der Waals surface area (Å²) in [5.41, 5.74) is 0. The molecule has 0 saturated heterocycles. The first-order valence-corrected chi connectivity index (χ1v) is 6.62. The largest absolute Gasteiger partial charge is 0.460 e. The van der Waals surface area contributed by atoms with E-state index in [1.54, 1.807) is 0 Å². The summed E-state index contributed by atoms with van der Waals surface area (Å²) in [6, 6.07) is 0. The molecule has 0 aliphatic carbocycles. The fraction of sp³-hybridized carbons (Fsp3) is 0.833. The highest BCUT2D eigenvalue weighted by molar-refractivity contribution is 5.22. The first-order valence-electron chi connectivity index (χ1n) is 6.62. The minimum Gasteiger partial charge on any atom is -0.386 e. The van der Waals surface area contributed by atoms with Gasteiger partial charge in [0.05, 0.1) is 0 Å². The van der Waals surface area contributed by atoms with Crippen LogP contribution in [0.15, 0.2) is 11.7 Å². The Morgan fingerprint density at radius 2 is 0.929 bits per heavy atom. The standard InChI is InChI=1S/C12H9F15O/c1-3(2)5(28)4(13)6(14)7(15,16)8(17,18)9(19,20)10(21,22)11(23,24)12(25,26)27/h3,5,28H,1-2H3/b6-4+. The molecule has 0 aliphatic heterocycles. The zero-order valence-corrected chi connectivity index (χ0v) is 13.3.